The van der Waals surface area contributed by atoms with Gasteiger partial charge in [-0.3, -0.25) is 0 Å². The lowest BCUT2D eigenvalue weighted by Gasteiger charge is -2.36. The average Bonchev–Trinajstić information content (AvgIpc) is 2.14. The zero-order valence-electron chi connectivity index (χ0n) is 9.78. The van der Waals surface area contributed by atoms with Crippen LogP contribution in [0.15, 0.2) is 22.7 Å². The van der Waals surface area contributed by atoms with Crippen LogP contribution in [-0.4, -0.2) is 18.2 Å². The van der Waals surface area contributed by atoms with E-state index < -0.39 is 6.10 Å². The number of rotatable bonds is 3. The zero-order valence-corrected chi connectivity index (χ0v) is 11.4. The number of aliphatic hydroxyl groups excluding tert-OH is 1. The highest BCUT2D eigenvalue weighted by molar-refractivity contribution is 9.10. The van der Waals surface area contributed by atoms with E-state index in [0.29, 0.717) is 6.04 Å². The predicted octanol–water partition coefficient (Wildman–Crippen LogP) is 3.49. The summed E-state index contributed by atoms with van der Waals surface area (Å²) < 4.78 is 0.992. The second-order valence-corrected chi connectivity index (χ2v) is 5.43. The fourth-order valence-electron chi connectivity index (χ4n) is 2.06. The molecule has 0 radical (unpaired) electrons. The molecule has 0 aromatic heterocycles. The summed E-state index contributed by atoms with van der Waals surface area (Å²) in [6.45, 7) is 1.79. The molecule has 0 spiro atoms. The minimum Gasteiger partial charge on any atom is -0.389 e. The summed E-state index contributed by atoms with van der Waals surface area (Å²) in [5.41, 5.74) is 2.17. The first kappa shape index (κ1) is 11.9. The van der Waals surface area contributed by atoms with Gasteiger partial charge >= 0.3 is 0 Å². The Morgan fingerprint density at radius 1 is 1.44 bits per heavy atom. The van der Waals surface area contributed by atoms with Crippen LogP contribution in [0.2, 0.25) is 0 Å². The lowest BCUT2D eigenvalue weighted by molar-refractivity contribution is 0.198. The molecular formula is C13H18BrNO. The standard InChI is InChI=1S/C13H18BrNO/c1-9(16)12-7-6-11(8-13(12)14)15(2)10-4-3-5-10/h6-10,16H,3-5H2,1-2H3/t9-/m1/s1. The highest BCUT2D eigenvalue weighted by atomic mass is 79.9. The molecule has 2 rings (SSSR count). The molecule has 1 aromatic rings. The first-order valence-electron chi connectivity index (χ1n) is 5.80. The van der Waals surface area contributed by atoms with E-state index in [0.717, 1.165) is 10.0 Å². The molecule has 1 atom stereocenters. The highest BCUT2D eigenvalue weighted by Crippen LogP contribution is 2.32. The van der Waals surface area contributed by atoms with Crippen molar-refractivity contribution in [3.63, 3.8) is 0 Å². The van der Waals surface area contributed by atoms with Crippen LogP contribution in [0.4, 0.5) is 5.69 Å². The third-order valence-electron chi connectivity index (χ3n) is 3.46. The van der Waals surface area contributed by atoms with Crippen molar-refractivity contribution < 1.29 is 5.11 Å². The van der Waals surface area contributed by atoms with Gasteiger partial charge in [0.25, 0.3) is 0 Å². The number of benzene rings is 1. The number of hydrogen-bond donors (Lipinski definition) is 1. The molecule has 0 bridgehead atoms. The average molecular weight is 284 g/mol. The highest BCUT2D eigenvalue weighted by Gasteiger charge is 2.22. The lowest BCUT2D eigenvalue weighted by Crippen LogP contribution is -2.37. The maximum atomic E-state index is 9.56. The Morgan fingerprint density at radius 2 is 2.12 bits per heavy atom. The molecule has 1 N–H and O–H groups in total. The van der Waals surface area contributed by atoms with Gasteiger partial charge in [-0.2, -0.15) is 0 Å². The van der Waals surface area contributed by atoms with Crippen LogP contribution in [0.5, 0.6) is 0 Å². The smallest absolute Gasteiger partial charge is 0.0772 e. The first-order chi connectivity index (χ1) is 7.59. The van der Waals surface area contributed by atoms with Crippen molar-refractivity contribution in [1.29, 1.82) is 0 Å². The molecule has 2 nitrogen and oxygen atoms in total. The normalized spacial score (nSPS) is 18.0. The summed E-state index contributed by atoms with van der Waals surface area (Å²) in [6.07, 6.45) is 3.53. The fraction of sp³-hybridized carbons (Fsp3) is 0.538. The Labute approximate surface area is 105 Å². The van der Waals surface area contributed by atoms with E-state index in [1.165, 1.54) is 24.9 Å². The summed E-state index contributed by atoms with van der Waals surface area (Å²) in [6, 6.07) is 6.88. The van der Waals surface area contributed by atoms with Crippen molar-refractivity contribution in [3.05, 3.63) is 28.2 Å². The summed E-state index contributed by atoms with van der Waals surface area (Å²) in [5, 5.41) is 9.56. The Kier molecular flexibility index (Phi) is 3.55. The largest absolute Gasteiger partial charge is 0.389 e. The molecule has 0 amide bonds. The van der Waals surface area contributed by atoms with Crippen LogP contribution in [0.1, 0.15) is 37.9 Å². The summed E-state index contributed by atoms with van der Waals surface area (Å²) >= 11 is 3.52. The van der Waals surface area contributed by atoms with E-state index in [-0.39, 0.29) is 0 Å². The number of anilines is 1. The third-order valence-corrected chi connectivity index (χ3v) is 4.15. The minimum atomic E-state index is -0.419. The van der Waals surface area contributed by atoms with Gasteiger partial charge in [0, 0.05) is 23.2 Å². The van der Waals surface area contributed by atoms with Crippen LogP contribution in [0.3, 0.4) is 0 Å². The van der Waals surface area contributed by atoms with Crippen LogP contribution in [-0.2, 0) is 0 Å². The summed E-state index contributed by atoms with van der Waals surface area (Å²) in [5.74, 6) is 0. The Bertz CT molecular complexity index is 374. The minimum absolute atomic E-state index is 0.419. The second-order valence-electron chi connectivity index (χ2n) is 4.58. The second kappa shape index (κ2) is 4.76. The first-order valence-corrected chi connectivity index (χ1v) is 6.59. The molecule has 88 valence electrons. The van der Waals surface area contributed by atoms with Crippen molar-refractivity contribution in [2.24, 2.45) is 0 Å². The molecule has 1 fully saturated rings. The predicted molar refractivity (Wildman–Crippen MR) is 70.8 cm³/mol. The molecule has 1 aromatic carbocycles. The number of hydrogen-bond acceptors (Lipinski definition) is 2. The van der Waals surface area contributed by atoms with Crippen molar-refractivity contribution in [3.8, 4) is 0 Å². The van der Waals surface area contributed by atoms with Crippen molar-refractivity contribution >= 4 is 21.6 Å². The van der Waals surface area contributed by atoms with Gasteiger partial charge in [0.2, 0.25) is 0 Å². The quantitative estimate of drug-likeness (QED) is 0.918. The fourth-order valence-corrected chi connectivity index (χ4v) is 2.76. The van der Waals surface area contributed by atoms with Gasteiger partial charge in [0.1, 0.15) is 0 Å². The lowest BCUT2D eigenvalue weighted by atomic mass is 9.91. The Balaban J connectivity index is 2.19. The van der Waals surface area contributed by atoms with Crippen LogP contribution >= 0.6 is 15.9 Å². The molecule has 0 heterocycles. The molecule has 0 aliphatic heterocycles. The van der Waals surface area contributed by atoms with E-state index >= 15 is 0 Å². The topological polar surface area (TPSA) is 23.5 Å². The molecule has 0 saturated heterocycles. The molecule has 1 saturated carbocycles. The summed E-state index contributed by atoms with van der Waals surface area (Å²) in [4.78, 5) is 2.33. The van der Waals surface area contributed by atoms with Gasteiger partial charge in [-0.15, -0.1) is 0 Å². The number of halogens is 1. The van der Waals surface area contributed by atoms with Gasteiger partial charge in [0.05, 0.1) is 6.10 Å². The van der Waals surface area contributed by atoms with Gasteiger partial charge < -0.3 is 10.0 Å². The SMILES string of the molecule is C[C@@H](O)c1ccc(N(C)C2CCC2)cc1Br. The molecular weight excluding hydrogens is 266 g/mol. The van der Waals surface area contributed by atoms with Crippen LogP contribution < -0.4 is 4.90 Å². The molecule has 1 aliphatic rings. The monoisotopic (exact) mass is 283 g/mol. The van der Waals surface area contributed by atoms with Gasteiger partial charge in [-0.1, -0.05) is 22.0 Å². The molecule has 0 unspecified atom stereocenters. The Morgan fingerprint density at radius 3 is 2.56 bits per heavy atom. The summed E-state index contributed by atoms with van der Waals surface area (Å²) in [7, 11) is 2.15. The van der Waals surface area contributed by atoms with Crippen molar-refractivity contribution in [1.82, 2.24) is 0 Å². The molecule has 1 aliphatic carbocycles. The van der Waals surface area contributed by atoms with E-state index in [1.807, 2.05) is 6.07 Å². The molecule has 3 heteroatoms. The Hall–Kier alpha value is -0.540. The van der Waals surface area contributed by atoms with E-state index in [9.17, 15) is 5.11 Å². The van der Waals surface area contributed by atoms with Gasteiger partial charge in [-0.25, -0.2) is 0 Å². The molecule has 16 heavy (non-hydrogen) atoms. The maximum absolute atomic E-state index is 9.56. The van der Waals surface area contributed by atoms with E-state index in [2.05, 4.69) is 40.0 Å². The van der Waals surface area contributed by atoms with Crippen molar-refractivity contribution in [2.75, 3.05) is 11.9 Å². The van der Waals surface area contributed by atoms with Crippen LogP contribution in [0.25, 0.3) is 0 Å². The number of nitrogens with zero attached hydrogens (tertiary/aromatic N) is 1. The van der Waals surface area contributed by atoms with Crippen LogP contribution in [0, 0.1) is 0 Å². The number of aliphatic hydroxyl groups is 1. The van der Waals surface area contributed by atoms with Crippen molar-refractivity contribution in [2.45, 2.75) is 38.3 Å². The third kappa shape index (κ3) is 2.25. The zero-order chi connectivity index (χ0) is 11.7. The maximum Gasteiger partial charge on any atom is 0.0772 e. The van der Waals surface area contributed by atoms with E-state index in [1.54, 1.807) is 6.92 Å². The van der Waals surface area contributed by atoms with E-state index in [4.69, 9.17) is 0 Å². The van der Waals surface area contributed by atoms with Gasteiger partial charge in [-0.05, 0) is 43.9 Å². The van der Waals surface area contributed by atoms with Gasteiger partial charge in [0.15, 0.2) is 0 Å².